The topological polar surface area (TPSA) is 98.5 Å². The predicted molar refractivity (Wildman–Crippen MR) is 79.5 cm³/mol. The molecule has 1 rings (SSSR count). The largest absolute Gasteiger partial charge is 0.468 e. The molecule has 0 aliphatic heterocycles. The van der Waals surface area contributed by atoms with Crippen LogP contribution in [0.5, 0.6) is 0 Å². The number of carbonyl (C=O) groups is 1. The van der Waals surface area contributed by atoms with Crippen molar-refractivity contribution in [3.63, 3.8) is 0 Å². The van der Waals surface area contributed by atoms with E-state index in [1.165, 1.54) is 19.2 Å². The monoisotopic (exact) mass is 364 g/mol. The Labute approximate surface area is 126 Å². The lowest BCUT2D eigenvalue weighted by Gasteiger charge is -2.20. The van der Waals surface area contributed by atoms with E-state index in [9.17, 15) is 13.2 Å². The standard InChI is InChI=1S/C12H17BrN2O4S/c1-7(2)11(12(16)19-3)15-20(17,18)10-6-8(14)4-5-9(10)13/h4-7,11,15H,14H2,1-3H3. The third kappa shape index (κ3) is 3.94. The number of anilines is 1. The SMILES string of the molecule is COC(=O)C(NS(=O)(=O)c1cc(N)ccc1Br)C(C)C. The summed E-state index contributed by atoms with van der Waals surface area (Å²) in [5.41, 5.74) is 5.91. The molecule has 112 valence electrons. The van der Waals surface area contributed by atoms with Crippen LogP contribution in [0.2, 0.25) is 0 Å². The van der Waals surface area contributed by atoms with E-state index in [4.69, 9.17) is 5.73 Å². The van der Waals surface area contributed by atoms with Gasteiger partial charge in [-0.25, -0.2) is 8.42 Å². The molecule has 0 heterocycles. The molecule has 1 atom stereocenters. The summed E-state index contributed by atoms with van der Waals surface area (Å²) < 4.78 is 32.0. The van der Waals surface area contributed by atoms with Gasteiger partial charge >= 0.3 is 5.97 Å². The first-order valence-corrected chi connectivity index (χ1v) is 8.12. The summed E-state index contributed by atoms with van der Waals surface area (Å²) in [6, 6.07) is 3.47. The van der Waals surface area contributed by atoms with Gasteiger partial charge in [0.15, 0.2) is 0 Å². The number of hydrogen-bond acceptors (Lipinski definition) is 5. The van der Waals surface area contributed by atoms with E-state index in [1.807, 2.05) is 0 Å². The summed E-state index contributed by atoms with van der Waals surface area (Å²) in [5, 5.41) is 0. The fourth-order valence-corrected chi connectivity index (χ4v) is 3.87. The molecule has 0 bridgehead atoms. The highest BCUT2D eigenvalue weighted by atomic mass is 79.9. The minimum atomic E-state index is -3.89. The maximum atomic E-state index is 12.3. The first-order chi connectivity index (χ1) is 9.19. The Kier molecular flexibility index (Phi) is 5.55. The van der Waals surface area contributed by atoms with Gasteiger partial charge in [0.2, 0.25) is 10.0 Å². The van der Waals surface area contributed by atoms with E-state index in [0.717, 1.165) is 0 Å². The number of ether oxygens (including phenoxy) is 1. The minimum absolute atomic E-state index is 0.0212. The van der Waals surface area contributed by atoms with Gasteiger partial charge < -0.3 is 10.5 Å². The van der Waals surface area contributed by atoms with Crippen LogP contribution in [0.15, 0.2) is 27.6 Å². The van der Waals surface area contributed by atoms with E-state index in [0.29, 0.717) is 10.2 Å². The Morgan fingerprint density at radius 2 is 2.00 bits per heavy atom. The summed E-state index contributed by atoms with van der Waals surface area (Å²) in [6.07, 6.45) is 0. The fourth-order valence-electron chi connectivity index (χ4n) is 1.54. The number of nitrogen functional groups attached to an aromatic ring is 1. The number of esters is 1. The van der Waals surface area contributed by atoms with Crippen molar-refractivity contribution in [1.82, 2.24) is 4.72 Å². The van der Waals surface area contributed by atoms with Crippen molar-refractivity contribution in [2.24, 2.45) is 5.92 Å². The highest BCUT2D eigenvalue weighted by Gasteiger charge is 2.30. The van der Waals surface area contributed by atoms with E-state index in [-0.39, 0.29) is 10.8 Å². The minimum Gasteiger partial charge on any atom is -0.468 e. The van der Waals surface area contributed by atoms with Gasteiger partial charge in [-0.2, -0.15) is 4.72 Å². The summed E-state index contributed by atoms with van der Waals surface area (Å²) >= 11 is 3.16. The number of benzene rings is 1. The third-order valence-corrected chi connectivity index (χ3v) is 5.08. The van der Waals surface area contributed by atoms with Crippen LogP contribution in [0, 0.1) is 5.92 Å². The molecule has 1 aromatic carbocycles. The first kappa shape index (κ1) is 16.9. The van der Waals surface area contributed by atoms with Crippen LogP contribution in [0.3, 0.4) is 0 Å². The third-order valence-electron chi connectivity index (χ3n) is 2.65. The van der Waals surface area contributed by atoms with Gasteiger partial charge in [-0.1, -0.05) is 13.8 Å². The number of halogens is 1. The van der Waals surface area contributed by atoms with Crippen LogP contribution < -0.4 is 10.5 Å². The highest BCUT2D eigenvalue weighted by molar-refractivity contribution is 9.10. The quantitative estimate of drug-likeness (QED) is 0.609. The zero-order chi connectivity index (χ0) is 15.5. The molecule has 0 aliphatic rings. The lowest BCUT2D eigenvalue weighted by Crippen LogP contribution is -2.45. The second-order valence-corrected chi connectivity index (χ2v) is 7.09. The average Bonchev–Trinajstić information content (AvgIpc) is 2.37. The van der Waals surface area contributed by atoms with Crippen molar-refractivity contribution < 1.29 is 17.9 Å². The average molecular weight is 365 g/mol. The van der Waals surface area contributed by atoms with Crippen LogP contribution in [-0.4, -0.2) is 27.5 Å². The van der Waals surface area contributed by atoms with Crippen LogP contribution >= 0.6 is 15.9 Å². The van der Waals surface area contributed by atoms with Gasteiger partial charge in [-0.05, 0) is 40.0 Å². The van der Waals surface area contributed by atoms with Gasteiger partial charge in [0, 0.05) is 10.2 Å². The number of sulfonamides is 1. The second kappa shape index (κ2) is 6.55. The summed E-state index contributed by atoms with van der Waals surface area (Å²) in [7, 11) is -2.68. The van der Waals surface area contributed by atoms with Crippen LogP contribution in [-0.2, 0) is 19.6 Å². The molecule has 0 fully saturated rings. The van der Waals surface area contributed by atoms with E-state index in [1.54, 1.807) is 19.9 Å². The first-order valence-electron chi connectivity index (χ1n) is 5.84. The molecule has 0 spiro atoms. The predicted octanol–water partition coefficient (Wildman–Crippen LogP) is 1.51. The molecule has 1 aromatic rings. The molecule has 6 nitrogen and oxygen atoms in total. The molecule has 0 amide bonds. The molecular formula is C12H17BrN2O4S. The Balaban J connectivity index is 3.16. The van der Waals surface area contributed by atoms with Crippen molar-refractivity contribution in [2.45, 2.75) is 24.8 Å². The molecule has 0 aliphatic carbocycles. The van der Waals surface area contributed by atoms with Crippen LogP contribution in [0.1, 0.15) is 13.8 Å². The van der Waals surface area contributed by atoms with E-state index < -0.39 is 22.0 Å². The maximum absolute atomic E-state index is 12.3. The number of rotatable bonds is 5. The lowest BCUT2D eigenvalue weighted by atomic mass is 10.1. The van der Waals surface area contributed by atoms with Crippen LogP contribution in [0.4, 0.5) is 5.69 Å². The Hall–Kier alpha value is -1.12. The molecule has 0 saturated carbocycles. The fraction of sp³-hybridized carbons (Fsp3) is 0.417. The molecule has 0 saturated heterocycles. The highest BCUT2D eigenvalue weighted by Crippen LogP contribution is 2.24. The van der Waals surface area contributed by atoms with Crippen molar-refractivity contribution in [3.05, 3.63) is 22.7 Å². The number of carbonyl (C=O) groups excluding carboxylic acids is 1. The summed E-state index contributed by atoms with van der Waals surface area (Å²) in [4.78, 5) is 11.6. The molecular weight excluding hydrogens is 348 g/mol. The zero-order valence-corrected chi connectivity index (χ0v) is 13.8. The lowest BCUT2D eigenvalue weighted by molar-refractivity contribution is -0.143. The van der Waals surface area contributed by atoms with Gasteiger partial charge in [-0.15, -0.1) is 0 Å². The van der Waals surface area contributed by atoms with Gasteiger partial charge in [0.25, 0.3) is 0 Å². The van der Waals surface area contributed by atoms with Crippen molar-refractivity contribution >= 4 is 37.6 Å². The molecule has 1 unspecified atom stereocenters. The number of nitrogens with one attached hydrogen (secondary N) is 1. The summed E-state index contributed by atoms with van der Waals surface area (Å²) in [5.74, 6) is -0.888. The van der Waals surface area contributed by atoms with E-state index in [2.05, 4.69) is 25.4 Å². The number of nitrogens with two attached hydrogens (primary N) is 1. The molecule has 20 heavy (non-hydrogen) atoms. The molecule has 3 N–H and O–H groups in total. The van der Waals surface area contributed by atoms with Gasteiger partial charge in [-0.3, -0.25) is 4.79 Å². The second-order valence-electron chi connectivity index (χ2n) is 4.56. The smallest absolute Gasteiger partial charge is 0.324 e. The van der Waals surface area contributed by atoms with Gasteiger partial charge in [0.05, 0.1) is 12.0 Å². The summed E-state index contributed by atoms with van der Waals surface area (Å²) in [6.45, 7) is 3.44. The molecule has 0 aromatic heterocycles. The van der Waals surface area contributed by atoms with E-state index >= 15 is 0 Å². The number of methoxy groups -OCH3 is 1. The normalized spacial score (nSPS) is 13.2. The molecule has 8 heteroatoms. The Bertz CT molecular complexity index is 601. The molecule has 0 radical (unpaired) electrons. The van der Waals surface area contributed by atoms with Crippen molar-refractivity contribution in [3.8, 4) is 0 Å². The maximum Gasteiger partial charge on any atom is 0.324 e. The number of hydrogen-bond donors (Lipinski definition) is 2. The van der Waals surface area contributed by atoms with Gasteiger partial charge in [0.1, 0.15) is 6.04 Å². The van der Waals surface area contributed by atoms with Crippen molar-refractivity contribution in [2.75, 3.05) is 12.8 Å². The van der Waals surface area contributed by atoms with Crippen LogP contribution in [0.25, 0.3) is 0 Å². The zero-order valence-electron chi connectivity index (χ0n) is 11.4. The van der Waals surface area contributed by atoms with Crippen molar-refractivity contribution in [1.29, 1.82) is 0 Å². The Morgan fingerprint density at radius 3 is 2.50 bits per heavy atom. The Morgan fingerprint density at radius 1 is 1.40 bits per heavy atom.